The fraction of sp³-hybridized carbons (Fsp3) is 0.435. The van der Waals surface area contributed by atoms with E-state index in [1.54, 1.807) is 40.3 Å². The highest BCUT2D eigenvalue weighted by Gasteiger charge is 2.35. The summed E-state index contributed by atoms with van der Waals surface area (Å²) < 4.78 is 7.67. The van der Waals surface area contributed by atoms with Gasteiger partial charge in [-0.15, -0.1) is 11.3 Å². The molecule has 10 heteroatoms. The lowest BCUT2D eigenvalue weighted by atomic mass is 10.1. The van der Waals surface area contributed by atoms with E-state index in [0.29, 0.717) is 65.5 Å². The minimum Gasteiger partial charge on any atom is -0.374 e. The molecule has 176 valence electrons. The van der Waals surface area contributed by atoms with Gasteiger partial charge in [-0.2, -0.15) is 0 Å². The summed E-state index contributed by atoms with van der Waals surface area (Å²) in [4.78, 5) is 25.1. The van der Waals surface area contributed by atoms with E-state index < -0.39 is 0 Å². The molecule has 0 spiro atoms. The van der Waals surface area contributed by atoms with Crippen molar-refractivity contribution in [3.8, 4) is 11.4 Å². The summed E-state index contributed by atoms with van der Waals surface area (Å²) in [7, 11) is 0. The molecule has 1 fully saturated rings. The molecule has 2 atom stereocenters. The standard InChI is InChI=1S/C23H27Cl2N5O2S/c1-4-17-20(27-18-12-29(13-19(18)32-6-3)23-26-9-10-33-23)22(31)30(5-2)21(28-17)15-8-7-14(24)11-16(15)25/h7-11,18-19,27H,4-6,12-13H2,1-3H3/t18?,19-/m0/s1. The molecule has 1 aliphatic heterocycles. The maximum absolute atomic E-state index is 13.6. The number of benzene rings is 1. The van der Waals surface area contributed by atoms with Gasteiger partial charge in [-0.1, -0.05) is 30.1 Å². The number of nitrogens with zero attached hydrogens (tertiary/aromatic N) is 4. The fourth-order valence-electron chi connectivity index (χ4n) is 4.18. The van der Waals surface area contributed by atoms with Crippen LogP contribution in [0.2, 0.25) is 10.0 Å². The van der Waals surface area contributed by atoms with Crippen LogP contribution in [0.1, 0.15) is 26.5 Å². The fourth-order valence-corrected chi connectivity index (χ4v) is 5.33. The van der Waals surface area contributed by atoms with Gasteiger partial charge in [0, 0.05) is 48.4 Å². The number of aromatic nitrogens is 3. The van der Waals surface area contributed by atoms with Crippen LogP contribution in [0.25, 0.3) is 11.4 Å². The Morgan fingerprint density at radius 2 is 2.06 bits per heavy atom. The van der Waals surface area contributed by atoms with Crippen LogP contribution in [0.4, 0.5) is 10.8 Å². The quantitative estimate of drug-likeness (QED) is 0.464. The second-order valence-corrected chi connectivity index (χ2v) is 9.47. The largest absolute Gasteiger partial charge is 0.374 e. The zero-order valence-electron chi connectivity index (χ0n) is 18.8. The Morgan fingerprint density at radius 3 is 2.70 bits per heavy atom. The molecular weight excluding hydrogens is 481 g/mol. The third-order valence-corrected chi connectivity index (χ3v) is 7.11. The van der Waals surface area contributed by atoms with Gasteiger partial charge < -0.3 is 15.0 Å². The third-order valence-electron chi connectivity index (χ3n) is 5.73. The van der Waals surface area contributed by atoms with Gasteiger partial charge in [0.15, 0.2) is 5.13 Å². The Labute approximate surface area is 207 Å². The first-order valence-corrected chi connectivity index (χ1v) is 12.7. The molecule has 0 saturated carbocycles. The molecule has 0 radical (unpaired) electrons. The summed E-state index contributed by atoms with van der Waals surface area (Å²) in [5.74, 6) is 0.545. The highest BCUT2D eigenvalue weighted by atomic mass is 35.5. The van der Waals surface area contributed by atoms with E-state index in [9.17, 15) is 4.79 Å². The Bertz CT molecular complexity index is 1170. The molecule has 0 amide bonds. The lowest BCUT2D eigenvalue weighted by Crippen LogP contribution is -2.38. The van der Waals surface area contributed by atoms with Crippen LogP contribution in [-0.4, -0.2) is 46.4 Å². The summed E-state index contributed by atoms with van der Waals surface area (Å²) in [6.45, 7) is 8.37. The smallest absolute Gasteiger partial charge is 0.277 e. The van der Waals surface area contributed by atoms with E-state index in [2.05, 4.69) is 15.2 Å². The van der Waals surface area contributed by atoms with E-state index in [0.717, 1.165) is 5.13 Å². The number of hydrogen-bond donors (Lipinski definition) is 1. The first-order valence-electron chi connectivity index (χ1n) is 11.1. The topological polar surface area (TPSA) is 72.3 Å². The van der Waals surface area contributed by atoms with E-state index >= 15 is 0 Å². The monoisotopic (exact) mass is 507 g/mol. The molecule has 1 saturated heterocycles. The van der Waals surface area contributed by atoms with Crippen molar-refractivity contribution in [3.63, 3.8) is 0 Å². The Hall–Kier alpha value is -2.13. The molecule has 7 nitrogen and oxygen atoms in total. The molecule has 3 heterocycles. The summed E-state index contributed by atoms with van der Waals surface area (Å²) >= 11 is 14.1. The Morgan fingerprint density at radius 1 is 1.24 bits per heavy atom. The van der Waals surface area contributed by atoms with Crippen LogP contribution in [0.15, 0.2) is 34.6 Å². The number of thiazole rings is 1. The molecule has 0 bridgehead atoms. The molecular formula is C23H27Cl2N5O2S. The first-order chi connectivity index (χ1) is 16.0. The number of hydrogen-bond acceptors (Lipinski definition) is 7. The number of rotatable bonds is 8. The molecule has 0 aliphatic carbocycles. The predicted molar refractivity (Wildman–Crippen MR) is 136 cm³/mol. The van der Waals surface area contributed by atoms with Crippen LogP contribution in [-0.2, 0) is 17.7 Å². The highest BCUT2D eigenvalue weighted by Crippen LogP contribution is 2.31. The van der Waals surface area contributed by atoms with E-state index in [4.69, 9.17) is 32.9 Å². The summed E-state index contributed by atoms with van der Waals surface area (Å²) in [6, 6.07) is 5.16. The lowest BCUT2D eigenvalue weighted by molar-refractivity contribution is 0.0720. The van der Waals surface area contributed by atoms with Gasteiger partial charge >= 0.3 is 0 Å². The average Bonchev–Trinajstić information content (AvgIpc) is 3.46. The second-order valence-electron chi connectivity index (χ2n) is 7.75. The number of aryl methyl sites for hydroxylation is 1. The van der Waals surface area contributed by atoms with Gasteiger partial charge in [-0.25, -0.2) is 9.97 Å². The third kappa shape index (κ3) is 4.89. The van der Waals surface area contributed by atoms with Gasteiger partial charge in [0.25, 0.3) is 5.56 Å². The van der Waals surface area contributed by atoms with Crippen LogP contribution >= 0.6 is 34.5 Å². The zero-order chi connectivity index (χ0) is 23.5. The van der Waals surface area contributed by atoms with Crippen molar-refractivity contribution in [2.75, 3.05) is 29.9 Å². The Kier molecular flexibility index (Phi) is 7.58. The van der Waals surface area contributed by atoms with E-state index in [1.165, 1.54) is 0 Å². The molecule has 1 N–H and O–H groups in total. The molecule has 33 heavy (non-hydrogen) atoms. The molecule has 3 aromatic rings. The average molecular weight is 508 g/mol. The van der Waals surface area contributed by atoms with Gasteiger partial charge in [0.05, 0.1) is 22.9 Å². The van der Waals surface area contributed by atoms with Crippen molar-refractivity contribution in [1.29, 1.82) is 0 Å². The summed E-state index contributed by atoms with van der Waals surface area (Å²) in [6.07, 6.45) is 2.34. The van der Waals surface area contributed by atoms with Crippen molar-refractivity contribution in [2.45, 2.75) is 45.9 Å². The molecule has 1 aliphatic rings. The van der Waals surface area contributed by atoms with Crippen LogP contribution in [0.5, 0.6) is 0 Å². The minimum atomic E-state index is -0.117. The molecule has 1 unspecified atom stereocenters. The number of anilines is 2. The van der Waals surface area contributed by atoms with Crippen LogP contribution in [0, 0.1) is 0 Å². The van der Waals surface area contributed by atoms with Gasteiger partial charge in [-0.05, 0) is 38.5 Å². The van der Waals surface area contributed by atoms with Crippen LogP contribution in [0.3, 0.4) is 0 Å². The van der Waals surface area contributed by atoms with Gasteiger partial charge in [-0.3, -0.25) is 9.36 Å². The normalized spacial score (nSPS) is 18.2. The second kappa shape index (κ2) is 10.4. The van der Waals surface area contributed by atoms with Gasteiger partial charge in [0.2, 0.25) is 0 Å². The van der Waals surface area contributed by atoms with Crippen molar-refractivity contribution >= 4 is 45.4 Å². The number of halogens is 2. The number of ether oxygens (including phenoxy) is 1. The van der Waals surface area contributed by atoms with E-state index in [1.807, 2.05) is 26.2 Å². The molecule has 1 aromatic carbocycles. The maximum atomic E-state index is 13.6. The van der Waals surface area contributed by atoms with Crippen LogP contribution < -0.4 is 15.8 Å². The molecule has 4 rings (SSSR count). The van der Waals surface area contributed by atoms with Crippen molar-refractivity contribution in [3.05, 3.63) is 55.9 Å². The minimum absolute atomic E-state index is 0.0658. The highest BCUT2D eigenvalue weighted by molar-refractivity contribution is 7.13. The summed E-state index contributed by atoms with van der Waals surface area (Å²) in [5.41, 5.74) is 1.79. The maximum Gasteiger partial charge on any atom is 0.277 e. The molecule has 2 aromatic heterocycles. The zero-order valence-corrected chi connectivity index (χ0v) is 21.2. The SMILES string of the molecule is CCO[C@H]1CN(c2nccs2)CC1Nc1c(CC)nc(-c2ccc(Cl)cc2Cl)n(CC)c1=O. The summed E-state index contributed by atoms with van der Waals surface area (Å²) in [5, 5.41) is 7.41. The first kappa shape index (κ1) is 24.0. The Balaban J connectivity index is 1.72. The van der Waals surface area contributed by atoms with Crippen molar-refractivity contribution < 1.29 is 4.74 Å². The van der Waals surface area contributed by atoms with E-state index in [-0.39, 0.29) is 17.7 Å². The van der Waals surface area contributed by atoms with Gasteiger partial charge in [0.1, 0.15) is 11.5 Å². The number of nitrogens with one attached hydrogen (secondary N) is 1. The van der Waals surface area contributed by atoms with Crippen molar-refractivity contribution in [2.24, 2.45) is 0 Å². The van der Waals surface area contributed by atoms with Crippen molar-refractivity contribution in [1.82, 2.24) is 14.5 Å². The predicted octanol–water partition coefficient (Wildman–Crippen LogP) is 4.96. The lowest BCUT2D eigenvalue weighted by Gasteiger charge is -2.23.